The minimum Gasteiger partial charge on any atom is -0.487 e. The number of rotatable bonds is 4. The number of benzene rings is 2. The Morgan fingerprint density at radius 3 is 2.65 bits per heavy atom. The summed E-state index contributed by atoms with van der Waals surface area (Å²) in [5.41, 5.74) is 1.84. The molecule has 0 unspecified atom stereocenters. The van der Waals surface area contributed by atoms with Crippen molar-refractivity contribution in [1.29, 1.82) is 0 Å². The molecule has 1 aliphatic rings. The lowest BCUT2D eigenvalue weighted by Crippen LogP contribution is -2.38. The van der Waals surface area contributed by atoms with E-state index in [1.807, 2.05) is 41.1 Å². The van der Waals surface area contributed by atoms with Gasteiger partial charge in [-0.2, -0.15) is 5.10 Å². The molecule has 6 heteroatoms. The largest absolute Gasteiger partial charge is 0.487 e. The fourth-order valence-corrected chi connectivity index (χ4v) is 3.05. The van der Waals surface area contributed by atoms with Gasteiger partial charge in [0.25, 0.3) is 5.91 Å². The monoisotopic (exact) mass is 351 g/mol. The molecule has 0 saturated carbocycles. The van der Waals surface area contributed by atoms with E-state index >= 15 is 0 Å². The molecule has 1 amide bonds. The van der Waals surface area contributed by atoms with Crippen molar-refractivity contribution in [3.8, 4) is 5.75 Å². The molecule has 1 aliphatic heterocycles. The van der Waals surface area contributed by atoms with Crippen molar-refractivity contribution in [2.45, 2.75) is 19.7 Å². The molecule has 0 aliphatic carbocycles. The van der Waals surface area contributed by atoms with Crippen LogP contribution >= 0.6 is 0 Å². The lowest BCUT2D eigenvalue weighted by Gasteiger charge is -2.27. The molecule has 0 saturated heterocycles. The van der Waals surface area contributed by atoms with E-state index in [2.05, 4.69) is 5.10 Å². The number of halogens is 1. The topological polar surface area (TPSA) is 47.4 Å². The van der Waals surface area contributed by atoms with Crippen LogP contribution in [0.2, 0.25) is 0 Å². The molecule has 26 heavy (non-hydrogen) atoms. The zero-order chi connectivity index (χ0) is 17.9. The third kappa shape index (κ3) is 3.31. The summed E-state index contributed by atoms with van der Waals surface area (Å²) < 4.78 is 21.5. The van der Waals surface area contributed by atoms with Crippen LogP contribution in [0.1, 0.15) is 21.7 Å². The Hall–Kier alpha value is -3.15. The highest BCUT2D eigenvalue weighted by Crippen LogP contribution is 2.19. The zero-order valence-electron chi connectivity index (χ0n) is 14.1. The molecule has 0 radical (unpaired) electrons. The van der Waals surface area contributed by atoms with Gasteiger partial charge in [-0.15, -0.1) is 0 Å². The Bertz CT molecular complexity index is 924. The van der Waals surface area contributed by atoms with Gasteiger partial charge in [-0.05, 0) is 30.3 Å². The van der Waals surface area contributed by atoms with Crippen molar-refractivity contribution in [3.05, 3.63) is 83.4 Å². The Balaban J connectivity index is 1.45. The number of para-hydroxylation sites is 1. The van der Waals surface area contributed by atoms with E-state index < -0.39 is 5.82 Å². The fraction of sp³-hybridized carbons (Fsp3) is 0.200. The predicted molar refractivity (Wildman–Crippen MR) is 94.1 cm³/mol. The highest BCUT2D eigenvalue weighted by Gasteiger charge is 2.24. The van der Waals surface area contributed by atoms with Crippen molar-refractivity contribution >= 4 is 5.91 Å². The number of ether oxygens (including phenoxy) is 1. The summed E-state index contributed by atoms with van der Waals surface area (Å²) >= 11 is 0. The van der Waals surface area contributed by atoms with Crippen molar-refractivity contribution in [2.75, 3.05) is 6.54 Å². The number of fused-ring (bicyclic) bond motifs is 1. The number of hydrogen-bond acceptors (Lipinski definition) is 3. The van der Waals surface area contributed by atoms with Crippen molar-refractivity contribution < 1.29 is 13.9 Å². The third-order valence-electron chi connectivity index (χ3n) is 4.37. The molecule has 2 aromatic carbocycles. The minimum atomic E-state index is -0.492. The highest BCUT2D eigenvalue weighted by atomic mass is 19.1. The van der Waals surface area contributed by atoms with Crippen LogP contribution in [-0.2, 0) is 19.7 Å². The smallest absolute Gasteiger partial charge is 0.257 e. The second-order valence-corrected chi connectivity index (χ2v) is 6.16. The first-order chi connectivity index (χ1) is 12.7. The molecule has 5 nitrogen and oxygen atoms in total. The Kier molecular flexibility index (Phi) is 4.39. The summed E-state index contributed by atoms with van der Waals surface area (Å²) in [5.74, 6) is 0.000922. The molecule has 0 spiro atoms. The van der Waals surface area contributed by atoms with Crippen LogP contribution in [0.3, 0.4) is 0 Å². The Morgan fingerprint density at radius 1 is 1.08 bits per heavy atom. The molecule has 1 aromatic heterocycles. The van der Waals surface area contributed by atoms with Gasteiger partial charge in [0.1, 0.15) is 23.9 Å². The van der Waals surface area contributed by atoms with Gasteiger partial charge in [-0.1, -0.05) is 30.3 Å². The average Bonchev–Trinajstić information content (AvgIpc) is 3.09. The van der Waals surface area contributed by atoms with Crippen LogP contribution in [0.5, 0.6) is 5.75 Å². The second-order valence-electron chi connectivity index (χ2n) is 6.16. The van der Waals surface area contributed by atoms with Gasteiger partial charge in [-0.25, -0.2) is 4.39 Å². The standard InChI is InChI=1S/C20H18FN3O2/c21-19-9-5-4-8-18(19)20(25)23-10-11-24-16(13-23)12-15(22-24)14-26-17-6-2-1-3-7-17/h1-9,12H,10-11,13-14H2. The Morgan fingerprint density at radius 2 is 1.85 bits per heavy atom. The molecule has 0 atom stereocenters. The van der Waals surface area contributed by atoms with E-state index in [1.165, 1.54) is 12.1 Å². The van der Waals surface area contributed by atoms with Gasteiger partial charge in [0.05, 0.1) is 24.3 Å². The first-order valence-corrected chi connectivity index (χ1v) is 8.48. The van der Waals surface area contributed by atoms with Gasteiger partial charge >= 0.3 is 0 Å². The molecule has 0 N–H and O–H groups in total. The predicted octanol–water partition coefficient (Wildman–Crippen LogP) is 3.26. The van der Waals surface area contributed by atoms with Crippen LogP contribution in [-0.4, -0.2) is 27.1 Å². The summed E-state index contributed by atoms with van der Waals surface area (Å²) in [7, 11) is 0. The van der Waals surface area contributed by atoms with Gasteiger partial charge in [0.15, 0.2) is 0 Å². The van der Waals surface area contributed by atoms with Crippen molar-refractivity contribution in [2.24, 2.45) is 0 Å². The minimum absolute atomic E-state index is 0.105. The number of hydrogen-bond donors (Lipinski definition) is 0. The number of carbonyl (C=O) groups excluding carboxylic acids is 1. The summed E-state index contributed by atoms with van der Waals surface area (Å²) in [6.07, 6.45) is 0. The summed E-state index contributed by atoms with van der Waals surface area (Å²) in [4.78, 5) is 14.2. The maximum absolute atomic E-state index is 13.9. The van der Waals surface area contributed by atoms with E-state index in [1.54, 1.807) is 17.0 Å². The zero-order valence-corrected chi connectivity index (χ0v) is 14.1. The molecule has 3 aromatic rings. The fourth-order valence-electron chi connectivity index (χ4n) is 3.05. The second kappa shape index (κ2) is 7.00. The van der Waals surface area contributed by atoms with Gasteiger partial charge < -0.3 is 9.64 Å². The van der Waals surface area contributed by atoms with Gasteiger partial charge in [-0.3, -0.25) is 9.48 Å². The van der Waals surface area contributed by atoms with E-state index in [0.29, 0.717) is 26.2 Å². The lowest BCUT2D eigenvalue weighted by atomic mass is 10.1. The molecule has 4 rings (SSSR count). The van der Waals surface area contributed by atoms with Crippen LogP contribution in [0.15, 0.2) is 60.7 Å². The van der Waals surface area contributed by atoms with E-state index in [-0.39, 0.29) is 11.5 Å². The van der Waals surface area contributed by atoms with E-state index in [0.717, 1.165) is 17.1 Å². The lowest BCUT2D eigenvalue weighted by molar-refractivity contribution is 0.0701. The van der Waals surface area contributed by atoms with Crippen LogP contribution in [0.4, 0.5) is 4.39 Å². The normalized spacial score (nSPS) is 13.3. The first-order valence-electron chi connectivity index (χ1n) is 8.48. The van der Waals surface area contributed by atoms with Crippen molar-refractivity contribution in [3.63, 3.8) is 0 Å². The quantitative estimate of drug-likeness (QED) is 0.725. The number of aromatic nitrogens is 2. The molecule has 0 bridgehead atoms. The summed E-state index contributed by atoms with van der Waals surface area (Å²) in [6, 6.07) is 17.6. The highest BCUT2D eigenvalue weighted by molar-refractivity contribution is 5.94. The number of amides is 1. The summed E-state index contributed by atoms with van der Waals surface area (Å²) in [5, 5.41) is 4.53. The average molecular weight is 351 g/mol. The van der Waals surface area contributed by atoms with Crippen molar-refractivity contribution in [1.82, 2.24) is 14.7 Å². The number of nitrogens with zero attached hydrogens (tertiary/aromatic N) is 3. The van der Waals surface area contributed by atoms with Gasteiger partial charge in [0.2, 0.25) is 0 Å². The summed E-state index contributed by atoms with van der Waals surface area (Å²) in [6.45, 7) is 1.86. The van der Waals surface area contributed by atoms with Gasteiger partial charge in [0, 0.05) is 6.54 Å². The number of carbonyl (C=O) groups is 1. The Labute approximate surface area is 150 Å². The molecular formula is C20H18FN3O2. The molecular weight excluding hydrogens is 333 g/mol. The van der Waals surface area contributed by atoms with E-state index in [4.69, 9.17) is 4.74 Å². The third-order valence-corrected chi connectivity index (χ3v) is 4.37. The maximum atomic E-state index is 13.9. The molecule has 0 fully saturated rings. The SMILES string of the molecule is O=C(c1ccccc1F)N1CCn2nc(COc3ccccc3)cc2C1. The van der Waals surface area contributed by atoms with Crippen LogP contribution in [0, 0.1) is 5.82 Å². The van der Waals surface area contributed by atoms with E-state index in [9.17, 15) is 9.18 Å². The molecule has 132 valence electrons. The van der Waals surface area contributed by atoms with Crippen LogP contribution < -0.4 is 4.74 Å². The maximum Gasteiger partial charge on any atom is 0.257 e. The molecule has 2 heterocycles. The first kappa shape index (κ1) is 16.3. The van der Waals surface area contributed by atoms with Crippen LogP contribution in [0.25, 0.3) is 0 Å².